The molecule has 0 aliphatic carbocycles. The zero-order valence-electron chi connectivity index (χ0n) is 23.3. The highest BCUT2D eigenvalue weighted by atomic mass is 32.2. The van der Waals surface area contributed by atoms with Crippen LogP contribution in [-0.2, 0) is 0 Å². The predicted molar refractivity (Wildman–Crippen MR) is 175 cm³/mol. The number of hydrogen-bond donors (Lipinski definition) is 0. The van der Waals surface area contributed by atoms with E-state index in [1.54, 1.807) is 12.1 Å². The second-order valence-electron chi connectivity index (χ2n) is 10.2. The lowest BCUT2D eigenvalue weighted by molar-refractivity contribution is -0.0328. The average molecular weight is 603 g/mol. The molecule has 7 heteroatoms. The van der Waals surface area contributed by atoms with Crippen LogP contribution in [0.15, 0.2) is 161 Å². The van der Waals surface area contributed by atoms with Crippen LogP contribution in [0, 0.1) is 0 Å². The van der Waals surface area contributed by atoms with Crippen LogP contribution in [0.5, 0.6) is 0 Å². The summed E-state index contributed by atoms with van der Waals surface area (Å²) in [6.07, 6.45) is 0. The summed E-state index contributed by atoms with van der Waals surface area (Å²) >= 11 is -0.116. The molecule has 44 heavy (non-hydrogen) atoms. The smallest absolute Gasteiger partial charge is 0.446 e. The minimum absolute atomic E-state index is 0.116. The molecule has 6 aromatic carbocycles. The van der Waals surface area contributed by atoms with Crippen molar-refractivity contribution in [2.45, 2.75) is 10.4 Å². The van der Waals surface area contributed by atoms with E-state index in [0.29, 0.717) is 0 Å². The van der Waals surface area contributed by atoms with Gasteiger partial charge in [0.05, 0.1) is 5.69 Å². The van der Waals surface area contributed by atoms with Gasteiger partial charge in [0.25, 0.3) is 0 Å². The minimum atomic E-state index is -4.34. The molecular weight excluding hydrogens is 577 g/mol. The summed E-state index contributed by atoms with van der Waals surface area (Å²) in [5, 5.41) is 2.10. The largest absolute Gasteiger partial charge is 0.454 e. The van der Waals surface area contributed by atoms with Crippen LogP contribution in [0.25, 0.3) is 21.9 Å². The summed E-state index contributed by atoms with van der Waals surface area (Å²) in [6, 6.07) is 48.7. The number of halogens is 3. The van der Waals surface area contributed by atoms with Gasteiger partial charge >= 0.3 is 5.51 Å². The third-order valence-corrected chi connectivity index (χ3v) is 8.09. The number of para-hydroxylation sites is 4. The monoisotopic (exact) mass is 602 g/mol. The Morgan fingerprint density at radius 2 is 0.932 bits per heavy atom. The van der Waals surface area contributed by atoms with E-state index in [9.17, 15) is 13.2 Å². The Morgan fingerprint density at radius 3 is 1.55 bits per heavy atom. The van der Waals surface area contributed by atoms with Crippen molar-refractivity contribution >= 4 is 67.8 Å². The first-order valence-electron chi connectivity index (χ1n) is 14.0. The number of nitrogens with zero attached hydrogens (tertiary/aromatic N) is 2. The van der Waals surface area contributed by atoms with Crippen molar-refractivity contribution < 1.29 is 17.6 Å². The molecule has 216 valence electrons. The van der Waals surface area contributed by atoms with Crippen LogP contribution in [0.1, 0.15) is 0 Å². The highest BCUT2D eigenvalue weighted by molar-refractivity contribution is 8.00. The van der Waals surface area contributed by atoms with Crippen LogP contribution < -0.4 is 9.80 Å². The number of rotatable bonds is 7. The summed E-state index contributed by atoms with van der Waals surface area (Å²) < 4.78 is 45.3. The third kappa shape index (κ3) is 5.50. The Hall–Kier alpha value is -5.14. The topological polar surface area (TPSA) is 19.6 Å². The lowest BCUT2D eigenvalue weighted by atomic mass is 10.1. The van der Waals surface area contributed by atoms with E-state index in [1.165, 1.54) is 12.1 Å². The van der Waals surface area contributed by atoms with Crippen molar-refractivity contribution in [3.8, 4) is 0 Å². The molecule has 0 spiro atoms. The first-order chi connectivity index (χ1) is 21.4. The van der Waals surface area contributed by atoms with Crippen LogP contribution in [-0.4, -0.2) is 5.51 Å². The van der Waals surface area contributed by atoms with Crippen molar-refractivity contribution in [1.29, 1.82) is 0 Å². The average Bonchev–Trinajstić information content (AvgIpc) is 3.43. The standard InChI is InChI=1S/C37H25F3N2OS/c38-37(39,40)44-31-24-22-29(23-25-31)41(26-10-3-1-4-11-26)28-18-20-30(21-19-28)42(27-12-5-2-6-13-27)34-16-9-15-33-32-14-7-8-17-35(32)43-36(33)34/h1-25H. The molecule has 0 aliphatic rings. The Balaban J connectivity index is 1.32. The quantitative estimate of drug-likeness (QED) is 0.169. The number of anilines is 6. The Morgan fingerprint density at radius 1 is 0.455 bits per heavy atom. The molecular formula is C37H25F3N2OS. The minimum Gasteiger partial charge on any atom is -0.454 e. The molecule has 0 saturated carbocycles. The Kier molecular flexibility index (Phi) is 7.24. The molecule has 0 fully saturated rings. The number of alkyl halides is 3. The fourth-order valence-electron chi connectivity index (χ4n) is 5.48. The highest BCUT2D eigenvalue weighted by Crippen LogP contribution is 2.44. The molecule has 0 N–H and O–H groups in total. The van der Waals surface area contributed by atoms with Crippen LogP contribution in [0.2, 0.25) is 0 Å². The normalized spacial score (nSPS) is 11.6. The van der Waals surface area contributed by atoms with E-state index in [2.05, 4.69) is 35.2 Å². The summed E-state index contributed by atoms with van der Waals surface area (Å²) in [5.74, 6) is 0. The maximum Gasteiger partial charge on any atom is 0.446 e. The number of thioether (sulfide) groups is 1. The van der Waals surface area contributed by atoms with Crippen molar-refractivity contribution in [3.05, 3.63) is 152 Å². The van der Waals surface area contributed by atoms with E-state index in [0.717, 1.165) is 56.1 Å². The van der Waals surface area contributed by atoms with Gasteiger partial charge in [0, 0.05) is 44.1 Å². The van der Waals surface area contributed by atoms with Gasteiger partial charge in [-0.2, -0.15) is 13.2 Å². The number of furan rings is 1. The molecule has 0 amide bonds. The van der Waals surface area contributed by atoms with E-state index >= 15 is 0 Å². The number of hydrogen-bond acceptors (Lipinski definition) is 4. The third-order valence-electron chi connectivity index (χ3n) is 7.35. The fourth-order valence-corrected chi connectivity index (χ4v) is 6.02. The summed E-state index contributed by atoms with van der Waals surface area (Å²) in [6.45, 7) is 0. The summed E-state index contributed by atoms with van der Waals surface area (Å²) in [4.78, 5) is 4.34. The summed E-state index contributed by atoms with van der Waals surface area (Å²) in [5.41, 5.74) is 2.62. The SMILES string of the molecule is FC(F)(F)Sc1ccc(N(c2ccccc2)c2ccc(N(c3ccccc3)c3cccc4c3oc3ccccc34)cc2)cc1. The van der Waals surface area contributed by atoms with Gasteiger partial charge in [-0.05, 0) is 96.7 Å². The lowest BCUT2D eigenvalue weighted by Crippen LogP contribution is -2.12. The van der Waals surface area contributed by atoms with E-state index < -0.39 is 5.51 Å². The summed E-state index contributed by atoms with van der Waals surface area (Å²) in [7, 11) is 0. The van der Waals surface area contributed by atoms with Crippen molar-refractivity contribution in [2.24, 2.45) is 0 Å². The van der Waals surface area contributed by atoms with E-state index in [4.69, 9.17) is 4.42 Å². The van der Waals surface area contributed by atoms with Gasteiger partial charge in [-0.3, -0.25) is 0 Å². The van der Waals surface area contributed by atoms with Gasteiger partial charge in [-0.25, -0.2) is 0 Å². The molecule has 0 atom stereocenters. The fraction of sp³-hybridized carbons (Fsp3) is 0.0270. The van der Waals surface area contributed by atoms with Crippen molar-refractivity contribution in [3.63, 3.8) is 0 Å². The van der Waals surface area contributed by atoms with Gasteiger partial charge in [0.15, 0.2) is 5.58 Å². The molecule has 1 heterocycles. The van der Waals surface area contributed by atoms with Gasteiger partial charge in [-0.15, -0.1) is 0 Å². The molecule has 3 nitrogen and oxygen atoms in total. The van der Waals surface area contributed by atoms with Gasteiger partial charge in [0.1, 0.15) is 5.58 Å². The number of fused-ring (bicyclic) bond motifs is 3. The number of benzene rings is 6. The second-order valence-corrected chi connectivity index (χ2v) is 11.3. The second kappa shape index (κ2) is 11.5. The molecule has 0 aliphatic heterocycles. The van der Waals surface area contributed by atoms with Gasteiger partial charge < -0.3 is 14.2 Å². The van der Waals surface area contributed by atoms with E-state index in [-0.39, 0.29) is 16.7 Å². The van der Waals surface area contributed by atoms with Crippen molar-refractivity contribution in [2.75, 3.05) is 9.80 Å². The molecule has 0 saturated heterocycles. The molecule has 7 rings (SSSR count). The predicted octanol–water partition coefficient (Wildman–Crippen LogP) is 12.1. The first-order valence-corrected chi connectivity index (χ1v) is 14.8. The molecule has 7 aromatic rings. The molecule has 1 aromatic heterocycles. The maximum atomic E-state index is 13.0. The van der Waals surface area contributed by atoms with E-state index in [1.807, 2.05) is 102 Å². The van der Waals surface area contributed by atoms with Gasteiger partial charge in [-0.1, -0.05) is 66.7 Å². The van der Waals surface area contributed by atoms with Crippen LogP contribution >= 0.6 is 11.8 Å². The molecule has 0 bridgehead atoms. The lowest BCUT2D eigenvalue weighted by Gasteiger charge is -2.28. The van der Waals surface area contributed by atoms with Crippen LogP contribution in [0.3, 0.4) is 0 Å². The van der Waals surface area contributed by atoms with Crippen LogP contribution in [0.4, 0.5) is 47.3 Å². The molecule has 0 radical (unpaired) electrons. The Bertz CT molecular complexity index is 2020. The zero-order chi connectivity index (χ0) is 30.1. The van der Waals surface area contributed by atoms with Crippen molar-refractivity contribution in [1.82, 2.24) is 0 Å². The maximum absolute atomic E-state index is 13.0. The van der Waals surface area contributed by atoms with Gasteiger partial charge in [0.2, 0.25) is 0 Å². The first kappa shape index (κ1) is 27.7. The molecule has 0 unspecified atom stereocenters. The zero-order valence-corrected chi connectivity index (χ0v) is 24.1. The Labute approximate surface area is 256 Å². The highest BCUT2D eigenvalue weighted by Gasteiger charge is 2.29.